The number of ether oxygens (including phenoxy) is 2. The summed E-state index contributed by atoms with van der Waals surface area (Å²) in [5.41, 5.74) is 1.12. The minimum Gasteiger partial charge on any atom is -0.486 e. The summed E-state index contributed by atoms with van der Waals surface area (Å²) in [6.07, 6.45) is 0.759. The summed E-state index contributed by atoms with van der Waals surface area (Å²) < 4.78 is 12.0. The number of amides is 1. The molecule has 6 heteroatoms. The van der Waals surface area contributed by atoms with Crippen molar-refractivity contribution in [3.8, 4) is 11.5 Å². The van der Waals surface area contributed by atoms with Crippen LogP contribution in [0.3, 0.4) is 0 Å². The molecule has 110 valence electrons. The van der Waals surface area contributed by atoms with Crippen LogP contribution in [-0.2, 0) is 6.42 Å². The molecule has 1 aliphatic rings. The number of halogens is 1. The quantitative estimate of drug-likeness (QED) is 0.901. The summed E-state index contributed by atoms with van der Waals surface area (Å²) in [4.78, 5) is 12.6. The number of carbonyl (C=O) groups is 1. The van der Waals surface area contributed by atoms with E-state index in [2.05, 4.69) is 21.2 Å². The highest BCUT2D eigenvalue weighted by Gasteiger charge is 2.12. The second kappa shape index (κ2) is 6.49. The van der Waals surface area contributed by atoms with E-state index < -0.39 is 0 Å². The van der Waals surface area contributed by atoms with Crippen molar-refractivity contribution >= 4 is 33.2 Å². The van der Waals surface area contributed by atoms with E-state index in [9.17, 15) is 4.79 Å². The van der Waals surface area contributed by atoms with E-state index in [0.29, 0.717) is 24.6 Å². The van der Waals surface area contributed by atoms with Crippen LogP contribution >= 0.6 is 27.3 Å². The van der Waals surface area contributed by atoms with Gasteiger partial charge in [0.25, 0.3) is 5.91 Å². The molecule has 0 saturated carbocycles. The zero-order valence-electron chi connectivity index (χ0n) is 11.2. The van der Waals surface area contributed by atoms with E-state index in [4.69, 9.17) is 9.47 Å². The van der Waals surface area contributed by atoms with E-state index in [1.165, 1.54) is 11.3 Å². The molecule has 2 heterocycles. The number of thiophene rings is 1. The van der Waals surface area contributed by atoms with Gasteiger partial charge in [-0.15, -0.1) is 11.3 Å². The SMILES string of the molecule is O=C(NCCc1ccc2c(c1)OCCO2)c1ccc(Br)s1. The molecule has 0 unspecified atom stereocenters. The summed E-state index contributed by atoms with van der Waals surface area (Å²) in [5, 5.41) is 2.92. The maximum Gasteiger partial charge on any atom is 0.261 e. The first-order valence-electron chi connectivity index (χ1n) is 6.64. The summed E-state index contributed by atoms with van der Waals surface area (Å²) in [5.74, 6) is 1.54. The lowest BCUT2D eigenvalue weighted by molar-refractivity contribution is 0.0958. The van der Waals surface area contributed by atoms with Gasteiger partial charge in [0.15, 0.2) is 11.5 Å². The minimum absolute atomic E-state index is 0.0387. The molecule has 1 aromatic carbocycles. The highest BCUT2D eigenvalue weighted by Crippen LogP contribution is 2.30. The lowest BCUT2D eigenvalue weighted by Crippen LogP contribution is -2.24. The minimum atomic E-state index is -0.0387. The average Bonchev–Trinajstić information content (AvgIpc) is 2.94. The van der Waals surface area contributed by atoms with Gasteiger partial charge in [-0.3, -0.25) is 4.79 Å². The predicted molar refractivity (Wildman–Crippen MR) is 85.5 cm³/mol. The van der Waals surface area contributed by atoms with E-state index in [0.717, 1.165) is 27.3 Å². The van der Waals surface area contributed by atoms with Gasteiger partial charge in [0.05, 0.1) is 8.66 Å². The van der Waals surface area contributed by atoms with Crippen molar-refractivity contribution in [2.75, 3.05) is 19.8 Å². The van der Waals surface area contributed by atoms with Crippen LogP contribution < -0.4 is 14.8 Å². The fourth-order valence-corrected chi connectivity index (χ4v) is 3.39. The fraction of sp³-hybridized carbons (Fsp3) is 0.267. The molecule has 1 aromatic heterocycles. The van der Waals surface area contributed by atoms with Gasteiger partial charge < -0.3 is 14.8 Å². The second-order valence-corrected chi connectivity index (χ2v) is 7.05. The molecule has 1 N–H and O–H groups in total. The number of nitrogens with one attached hydrogen (secondary N) is 1. The van der Waals surface area contributed by atoms with Crippen molar-refractivity contribution in [2.45, 2.75) is 6.42 Å². The maximum absolute atomic E-state index is 11.9. The Morgan fingerprint density at radius 2 is 2.00 bits per heavy atom. The van der Waals surface area contributed by atoms with Gasteiger partial charge in [0.1, 0.15) is 13.2 Å². The first-order valence-corrected chi connectivity index (χ1v) is 8.25. The van der Waals surface area contributed by atoms with Crippen LogP contribution in [0.25, 0.3) is 0 Å². The molecule has 4 nitrogen and oxygen atoms in total. The number of carbonyl (C=O) groups excluding carboxylic acids is 1. The third-order valence-electron chi connectivity index (χ3n) is 3.10. The van der Waals surface area contributed by atoms with Crippen molar-refractivity contribution in [2.24, 2.45) is 0 Å². The molecular formula is C15H14BrNO3S. The second-order valence-electron chi connectivity index (χ2n) is 4.59. The molecule has 0 radical (unpaired) electrons. The fourth-order valence-electron chi connectivity index (χ4n) is 2.09. The Balaban J connectivity index is 1.54. The lowest BCUT2D eigenvalue weighted by Gasteiger charge is -2.18. The number of fused-ring (bicyclic) bond motifs is 1. The van der Waals surface area contributed by atoms with Crippen molar-refractivity contribution in [1.29, 1.82) is 0 Å². The molecule has 0 fully saturated rings. The molecule has 0 atom stereocenters. The highest BCUT2D eigenvalue weighted by atomic mass is 79.9. The van der Waals surface area contributed by atoms with E-state index >= 15 is 0 Å². The van der Waals surface area contributed by atoms with Gasteiger partial charge in [-0.1, -0.05) is 6.07 Å². The third kappa shape index (κ3) is 3.57. The summed E-state index contributed by atoms with van der Waals surface area (Å²) in [6.45, 7) is 1.77. The Labute approximate surface area is 135 Å². The summed E-state index contributed by atoms with van der Waals surface area (Å²) >= 11 is 4.78. The molecule has 21 heavy (non-hydrogen) atoms. The van der Waals surface area contributed by atoms with Gasteiger partial charge in [-0.25, -0.2) is 0 Å². The monoisotopic (exact) mass is 367 g/mol. The van der Waals surface area contributed by atoms with Crippen molar-refractivity contribution in [1.82, 2.24) is 5.32 Å². The number of hydrogen-bond acceptors (Lipinski definition) is 4. The number of benzene rings is 1. The Hall–Kier alpha value is -1.53. The van der Waals surface area contributed by atoms with Crippen molar-refractivity contribution < 1.29 is 14.3 Å². The van der Waals surface area contributed by atoms with Gasteiger partial charge >= 0.3 is 0 Å². The molecule has 0 spiro atoms. The normalized spacial score (nSPS) is 13.0. The maximum atomic E-state index is 11.9. The first kappa shape index (κ1) is 14.4. The van der Waals surface area contributed by atoms with Crippen LogP contribution in [0.4, 0.5) is 0 Å². The number of hydrogen-bond donors (Lipinski definition) is 1. The predicted octanol–water partition coefficient (Wildman–Crippen LogP) is 3.25. The standard InChI is InChI=1S/C15H14BrNO3S/c16-14-4-3-13(21-14)15(18)17-6-5-10-1-2-11-12(9-10)20-8-7-19-11/h1-4,9H,5-8H2,(H,17,18). The van der Waals surface area contributed by atoms with Crippen LogP contribution in [0.1, 0.15) is 15.2 Å². The van der Waals surface area contributed by atoms with Crippen LogP contribution in [0.15, 0.2) is 34.1 Å². The van der Waals surface area contributed by atoms with Crippen LogP contribution in [0, 0.1) is 0 Å². The molecule has 0 bridgehead atoms. The molecule has 1 amide bonds. The smallest absolute Gasteiger partial charge is 0.261 e. The topological polar surface area (TPSA) is 47.6 Å². The Morgan fingerprint density at radius 3 is 2.76 bits per heavy atom. The summed E-state index contributed by atoms with van der Waals surface area (Å²) in [6, 6.07) is 9.58. The van der Waals surface area contributed by atoms with Crippen molar-refractivity contribution in [3.63, 3.8) is 0 Å². The lowest BCUT2D eigenvalue weighted by atomic mass is 10.1. The van der Waals surface area contributed by atoms with Crippen LogP contribution in [0.2, 0.25) is 0 Å². The van der Waals surface area contributed by atoms with Gasteiger partial charge in [-0.2, -0.15) is 0 Å². The Bertz CT molecular complexity index is 656. The molecule has 0 aliphatic carbocycles. The van der Waals surface area contributed by atoms with Gasteiger partial charge in [0.2, 0.25) is 0 Å². The molecule has 0 saturated heterocycles. The van der Waals surface area contributed by atoms with Gasteiger partial charge in [-0.05, 0) is 52.2 Å². The molecular weight excluding hydrogens is 354 g/mol. The van der Waals surface area contributed by atoms with E-state index in [-0.39, 0.29) is 5.91 Å². The highest BCUT2D eigenvalue weighted by molar-refractivity contribution is 9.11. The van der Waals surface area contributed by atoms with Crippen molar-refractivity contribution in [3.05, 3.63) is 44.6 Å². The van der Waals surface area contributed by atoms with Crippen LogP contribution in [0.5, 0.6) is 11.5 Å². The molecule has 1 aliphatic heterocycles. The zero-order valence-corrected chi connectivity index (χ0v) is 13.6. The molecule has 3 rings (SSSR count). The van der Waals surface area contributed by atoms with E-state index in [1.54, 1.807) is 0 Å². The molecule has 2 aromatic rings. The average molecular weight is 368 g/mol. The van der Waals surface area contributed by atoms with Crippen LogP contribution in [-0.4, -0.2) is 25.7 Å². The Morgan fingerprint density at radius 1 is 1.19 bits per heavy atom. The zero-order chi connectivity index (χ0) is 14.7. The summed E-state index contributed by atoms with van der Waals surface area (Å²) in [7, 11) is 0. The first-order chi connectivity index (χ1) is 10.2. The number of rotatable bonds is 4. The third-order valence-corrected chi connectivity index (χ3v) is 4.73. The van der Waals surface area contributed by atoms with Gasteiger partial charge in [0, 0.05) is 6.54 Å². The Kier molecular flexibility index (Phi) is 4.45. The van der Waals surface area contributed by atoms with E-state index in [1.807, 2.05) is 30.3 Å². The largest absolute Gasteiger partial charge is 0.486 e.